The van der Waals surface area contributed by atoms with E-state index in [9.17, 15) is 4.79 Å². The number of anilines is 1. The van der Waals surface area contributed by atoms with Crippen molar-refractivity contribution in [3.63, 3.8) is 0 Å². The highest BCUT2D eigenvalue weighted by Crippen LogP contribution is 2.13. The highest BCUT2D eigenvalue weighted by molar-refractivity contribution is 6.02. The summed E-state index contributed by atoms with van der Waals surface area (Å²) in [4.78, 5) is 15.9. The average molecular weight is 254 g/mol. The van der Waals surface area contributed by atoms with E-state index in [0.717, 1.165) is 5.56 Å². The van der Waals surface area contributed by atoms with Crippen LogP contribution in [-0.4, -0.2) is 22.6 Å². The highest BCUT2D eigenvalue weighted by atomic mass is 16.2. The molecule has 0 bridgehead atoms. The monoisotopic (exact) mass is 254 g/mol. The summed E-state index contributed by atoms with van der Waals surface area (Å²) < 4.78 is 0. The average Bonchev–Trinajstić information content (AvgIpc) is 2.46. The van der Waals surface area contributed by atoms with E-state index < -0.39 is 0 Å². The van der Waals surface area contributed by atoms with Gasteiger partial charge in [-0.2, -0.15) is 0 Å². The number of hydrogen-bond acceptors (Lipinski definition) is 3. The van der Waals surface area contributed by atoms with Crippen LogP contribution in [0.5, 0.6) is 0 Å². The molecule has 0 aliphatic heterocycles. The molecule has 0 unspecified atom stereocenters. The number of nitrogens with zero attached hydrogens (tertiary/aromatic N) is 1. The third-order valence-corrected chi connectivity index (χ3v) is 2.46. The Morgan fingerprint density at radius 3 is 2.89 bits per heavy atom. The molecule has 0 saturated heterocycles. The Morgan fingerprint density at radius 2 is 2.16 bits per heavy atom. The molecule has 2 rings (SSSR count). The zero-order valence-electron chi connectivity index (χ0n) is 10.3. The molecule has 2 N–H and O–H groups in total. The fourth-order valence-corrected chi connectivity index (χ4v) is 1.60. The number of carbonyl (C=O) groups is 1. The molecule has 4 nitrogen and oxygen atoms in total. The number of aliphatic hydroxyl groups excluding tert-OH is 1. The number of rotatable bonds is 4. The molecule has 0 fully saturated rings. The molecule has 0 aliphatic carbocycles. The fourth-order valence-electron chi connectivity index (χ4n) is 1.60. The minimum absolute atomic E-state index is 0.00940. The molecule has 0 atom stereocenters. The Morgan fingerprint density at radius 1 is 1.26 bits per heavy atom. The predicted octanol–water partition coefficient (Wildman–Crippen LogP) is 2.34. The second-order valence-electron chi connectivity index (χ2n) is 3.88. The summed E-state index contributed by atoms with van der Waals surface area (Å²) in [5.41, 5.74) is 1.97. The molecule has 1 aromatic carbocycles. The fraction of sp³-hybridized carbons (Fsp3) is 0.0667. The summed E-state index contributed by atoms with van der Waals surface area (Å²) in [6.45, 7) is -0.00940. The van der Waals surface area contributed by atoms with Crippen molar-refractivity contribution in [2.45, 2.75) is 0 Å². The van der Waals surface area contributed by atoms with Crippen LogP contribution in [0.2, 0.25) is 0 Å². The third kappa shape index (κ3) is 3.76. The standard InChI is InChI=1S/C15H14N2O2/c18-10-4-6-12-5-3-7-13(11-12)17-15(19)14-8-1-2-9-16-14/h1-9,11,18H,10H2,(H,17,19). The lowest BCUT2D eigenvalue weighted by atomic mass is 10.2. The maximum atomic E-state index is 11.9. The maximum absolute atomic E-state index is 11.9. The summed E-state index contributed by atoms with van der Waals surface area (Å²) in [7, 11) is 0. The minimum Gasteiger partial charge on any atom is -0.392 e. The van der Waals surface area contributed by atoms with E-state index in [4.69, 9.17) is 5.11 Å². The van der Waals surface area contributed by atoms with E-state index in [1.165, 1.54) is 0 Å². The van der Waals surface area contributed by atoms with Gasteiger partial charge in [-0.1, -0.05) is 30.4 Å². The van der Waals surface area contributed by atoms with Gasteiger partial charge >= 0.3 is 0 Å². The molecule has 2 aromatic rings. The van der Waals surface area contributed by atoms with Crippen molar-refractivity contribution in [1.29, 1.82) is 0 Å². The first-order valence-electron chi connectivity index (χ1n) is 5.89. The lowest BCUT2D eigenvalue weighted by Crippen LogP contribution is -2.13. The van der Waals surface area contributed by atoms with E-state index in [1.54, 1.807) is 42.6 Å². The van der Waals surface area contributed by atoms with E-state index in [1.807, 2.05) is 18.2 Å². The molecule has 96 valence electrons. The Kier molecular flexibility index (Phi) is 4.42. The predicted molar refractivity (Wildman–Crippen MR) is 74.8 cm³/mol. The van der Waals surface area contributed by atoms with E-state index >= 15 is 0 Å². The number of pyridine rings is 1. The molecular formula is C15H14N2O2. The summed E-state index contributed by atoms with van der Waals surface area (Å²) in [5.74, 6) is -0.246. The first-order chi connectivity index (χ1) is 9.29. The number of carbonyl (C=O) groups excluding carboxylic acids is 1. The Labute approximate surface area is 111 Å². The molecule has 4 heteroatoms. The Hall–Kier alpha value is -2.46. The lowest BCUT2D eigenvalue weighted by Gasteiger charge is -2.05. The zero-order valence-corrected chi connectivity index (χ0v) is 10.3. The van der Waals surface area contributed by atoms with Gasteiger partial charge in [0.25, 0.3) is 5.91 Å². The molecule has 1 aromatic heterocycles. The van der Waals surface area contributed by atoms with Crippen LogP contribution in [0.4, 0.5) is 5.69 Å². The number of aromatic nitrogens is 1. The zero-order chi connectivity index (χ0) is 13.5. The van der Waals surface area contributed by atoms with Crippen LogP contribution in [-0.2, 0) is 0 Å². The van der Waals surface area contributed by atoms with E-state index in [2.05, 4.69) is 10.3 Å². The summed E-state index contributed by atoms with van der Waals surface area (Å²) in [6.07, 6.45) is 5.01. The van der Waals surface area contributed by atoms with Crippen LogP contribution in [0.1, 0.15) is 16.1 Å². The van der Waals surface area contributed by atoms with Crippen LogP contribution < -0.4 is 5.32 Å². The molecule has 0 saturated carbocycles. The van der Waals surface area contributed by atoms with Crippen molar-refractivity contribution in [3.05, 3.63) is 66.0 Å². The summed E-state index contributed by atoms with van der Waals surface area (Å²) in [6, 6.07) is 12.5. The van der Waals surface area contributed by atoms with Crippen molar-refractivity contribution in [3.8, 4) is 0 Å². The smallest absolute Gasteiger partial charge is 0.274 e. The molecule has 19 heavy (non-hydrogen) atoms. The number of amides is 1. The highest BCUT2D eigenvalue weighted by Gasteiger charge is 2.06. The van der Waals surface area contributed by atoms with Gasteiger partial charge in [-0.3, -0.25) is 9.78 Å². The van der Waals surface area contributed by atoms with Gasteiger partial charge in [0.1, 0.15) is 5.69 Å². The molecule has 1 amide bonds. The first kappa shape index (κ1) is 13.0. The number of benzene rings is 1. The second kappa shape index (κ2) is 6.47. The van der Waals surface area contributed by atoms with Gasteiger partial charge < -0.3 is 10.4 Å². The van der Waals surface area contributed by atoms with Crippen molar-refractivity contribution in [2.75, 3.05) is 11.9 Å². The van der Waals surface area contributed by atoms with E-state index in [-0.39, 0.29) is 12.5 Å². The minimum atomic E-state index is -0.246. The number of hydrogen-bond donors (Lipinski definition) is 2. The van der Waals surface area contributed by atoms with Crippen LogP contribution in [0, 0.1) is 0 Å². The van der Waals surface area contributed by atoms with Gasteiger partial charge in [0.05, 0.1) is 6.61 Å². The second-order valence-corrected chi connectivity index (χ2v) is 3.88. The van der Waals surface area contributed by atoms with Crippen molar-refractivity contribution < 1.29 is 9.90 Å². The Balaban J connectivity index is 2.11. The molecular weight excluding hydrogens is 240 g/mol. The summed E-state index contributed by atoms with van der Waals surface area (Å²) >= 11 is 0. The quantitative estimate of drug-likeness (QED) is 0.880. The normalized spacial score (nSPS) is 10.6. The van der Waals surface area contributed by atoms with E-state index in [0.29, 0.717) is 11.4 Å². The lowest BCUT2D eigenvalue weighted by molar-refractivity contribution is 0.102. The largest absolute Gasteiger partial charge is 0.392 e. The SMILES string of the molecule is O=C(Nc1cccc(C=CCO)c1)c1ccccn1. The van der Waals surface area contributed by atoms with Gasteiger partial charge in [0.2, 0.25) is 0 Å². The molecule has 0 radical (unpaired) electrons. The molecule has 1 heterocycles. The van der Waals surface area contributed by atoms with Crippen LogP contribution in [0.3, 0.4) is 0 Å². The van der Waals surface area contributed by atoms with Crippen molar-refractivity contribution >= 4 is 17.7 Å². The van der Waals surface area contributed by atoms with Gasteiger partial charge in [-0.25, -0.2) is 0 Å². The number of nitrogens with one attached hydrogen (secondary N) is 1. The molecule has 0 aliphatic rings. The van der Waals surface area contributed by atoms with Crippen molar-refractivity contribution in [2.24, 2.45) is 0 Å². The molecule has 0 spiro atoms. The van der Waals surface area contributed by atoms with Crippen LogP contribution in [0.15, 0.2) is 54.7 Å². The van der Waals surface area contributed by atoms with Crippen molar-refractivity contribution in [1.82, 2.24) is 4.98 Å². The number of aliphatic hydroxyl groups is 1. The summed E-state index contributed by atoms with van der Waals surface area (Å²) in [5, 5.41) is 11.5. The van der Waals surface area contributed by atoms with Crippen LogP contribution >= 0.6 is 0 Å². The first-order valence-corrected chi connectivity index (χ1v) is 5.89. The Bertz CT molecular complexity index is 580. The van der Waals surface area contributed by atoms with Gasteiger partial charge in [0.15, 0.2) is 0 Å². The topological polar surface area (TPSA) is 62.2 Å². The third-order valence-electron chi connectivity index (χ3n) is 2.46. The van der Waals surface area contributed by atoms with Gasteiger partial charge in [-0.05, 0) is 29.8 Å². The van der Waals surface area contributed by atoms with Gasteiger partial charge in [0, 0.05) is 11.9 Å². The maximum Gasteiger partial charge on any atom is 0.274 e. The van der Waals surface area contributed by atoms with Crippen LogP contribution in [0.25, 0.3) is 6.08 Å². The van der Waals surface area contributed by atoms with Gasteiger partial charge in [-0.15, -0.1) is 0 Å².